The van der Waals surface area contributed by atoms with Gasteiger partial charge in [0.2, 0.25) is 0 Å². The summed E-state index contributed by atoms with van der Waals surface area (Å²) in [6.07, 6.45) is 14.4. The van der Waals surface area contributed by atoms with Crippen molar-refractivity contribution >= 4 is 35.5 Å². The first kappa shape index (κ1) is 28.2. The molecule has 1 atom stereocenters. The molecular weight excluding hydrogens is 301 g/mol. The fourth-order valence-corrected chi connectivity index (χ4v) is 2.06. The number of ether oxygens (including phenoxy) is 1. The van der Waals surface area contributed by atoms with Crippen molar-refractivity contribution in [3.8, 4) is 0 Å². The van der Waals surface area contributed by atoms with Crippen LogP contribution in [0, 0.1) is 0 Å². The van der Waals surface area contributed by atoms with Gasteiger partial charge in [-0.2, -0.15) is 0 Å². The number of rotatable bonds is 13. The molecule has 4 nitrogen and oxygen atoms in total. The molecule has 0 aliphatic carbocycles. The molecule has 0 bridgehead atoms. The van der Waals surface area contributed by atoms with Gasteiger partial charge in [0.15, 0.2) is 0 Å². The molecular formula is C18H40NNaO3. The summed E-state index contributed by atoms with van der Waals surface area (Å²) in [5.74, 6) is -0.195. The third-order valence-corrected chi connectivity index (χ3v) is 3.58. The Hall–Kier alpha value is 0.390. The molecule has 0 saturated carbocycles. The van der Waals surface area contributed by atoms with Crippen LogP contribution in [-0.2, 0) is 9.53 Å². The monoisotopic (exact) mass is 341 g/mol. The minimum atomic E-state index is -0.195. The maximum absolute atomic E-state index is 10.2. The maximum atomic E-state index is 10.2. The third kappa shape index (κ3) is 30.8. The van der Waals surface area contributed by atoms with Crippen LogP contribution in [0.1, 0.15) is 98.3 Å². The van der Waals surface area contributed by atoms with Crippen LogP contribution < -0.4 is 5.48 Å². The van der Waals surface area contributed by atoms with E-state index in [4.69, 9.17) is 9.94 Å². The van der Waals surface area contributed by atoms with Crippen molar-refractivity contribution in [3.05, 3.63) is 0 Å². The Morgan fingerprint density at radius 1 is 0.957 bits per heavy atom. The summed E-state index contributed by atoms with van der Waals surface area (Å²) < 4.78 is 4.76. The Balaban J connectivity index is -0.000000382. The second-order valence-corrected chi connectivity index (χ2v) is 5.92. The van der Waals surface area contributed by atoms with Crippen LogP contribution in [-0.4, -0.2) is 53.4 Å². The van der Waals surface area contributed by atoms with Gasteiger partial charge in [0.1, 0.15) is 0 Å². The number of carbonyl (C=O) groups excluding carboxylic acids is 1. The van der Waals surface area contributed by atoms with Gasteiger partial charge in [0.25, 0.3) is 0 Å². The second kappa shape index (κ2) is 24.6. The molecule has 0 aromatic carbocycles. The molecule has 23 heavy (non-hydrogen) atoms. The topological polar surface area (TPSA) is 58.6 Å². The molecule has 136 valence electrons. The molecule has 1 unspecified atom stereocenters. The van der Waals surface area contributed by atoms with Crippen molar-refractivity contribution in [2.24, 2.45) is 0 Å². The van der Waals surface area contributed by atoms with E-state index in [0.717, 1.165) is 19.4 Å². The zero-order chi connectivity index (χ0) is 17.1. The molecule has 2 N–H and O–H groups in total. The fraction of sp³-hybridized carbons (Fsp3) is 0.944. The Labute approximate surface area is 166 Å². The van der Waals surface area contributed by atoms with E-state index in [1.165, 1.54) is 64.7 Å². The number of hydrogen-bond acceptors (Lipinski definition) is 4. The first-order chi connectivity index (χ1) is 10.6. The van der Waals surface area contributed by atoms with Crippen LogP contribution in [0.4, 0.5) is 0 Å². The molecule has 0 heterocycles. The van der Waals surface area contributed by atoms with E-state index in [-0.39, 0.29) is 41.6 Å². The van der Waals surface area contributed by atoms with E-state index in [0.29, 0.717) is 0 Å². The van der Waals surface area contributed by atoms with Gasteiger partial charge in [0.05, 0.1) is 6.10 Å². The Morgan fingerprint density at radius 3 is 1.70 bits per heavy atom. The van der Waals surface area contributed by atoms with E-state index in [2.05, 4.69) is 12.4 Å². The molecule has 0 saturated heterocycles. The van der Waals surface area contributed by atoms with Crippen LogP contribution in [0.2, 0.25) is 0 Å². The summed E-state index contributed by atoms with van der Waals surface area (Å²) in [6.45, 7) is 8.28. The van der Waals surface area contributed by atoms with Crippen LogP contribution in [0.3, 0.4) is 0 Å². The molecule has 5 heteroatoms. The van der Waals surface area contributed by atoms with Crippen molar-refractivity contribution in [2.75, 3.05) is 6.54 Å². The van der Waals surface area contributed by atoms with E-state index in [9.17, 15) is 4.79 Å². The number of unbranched alkanes of at least 4 members (excludes halogenated alkanes) is 9. The normalized spacial score (nSPS) is 11.0. The van der Waals surface area contributed by atoms with Crippen LogP contribution in [0.5, 0.6) is 0 Å². The molecule has 0 aromatic rings. The van der Waals surface area contributed by atoms with Gasteiger partial charge in [-0.25, -0.2) is 5.48 Å². The Kier molecular flexibility index (Phi) is 30.2. The molecule has 0 aliphatic heterocycles. The van der Waals surface area contributed by atoms with Crippen molar-refractivity contribution in [1.82, 2.24) is 5.48 Å². The van der Waals surface area contributed by atoms with Gasteiger partial charge in [-0.3, -0.25) is 4.79 Å². The fourth-order valence-electron chi connectivity index (χ4n) is 2.06. The van der Waals surface area contributed by atoms with Gasteiger partial charge in [-0.15, -0.1) is 0 Å². The zero-order valence-corrected chi connectivity index (χ0v) is 15.3. The minimum absolute atomic E-state index is 0. The molecule has 0 radical (unpaired) electrons. The summed E-state index contributed by atoms with van der Waals surface area (Å²) in [4.78, 5) is 10.2. The van der Waals surface area contributed by atoms with Crippen LogP contribution in [0.25, 0.3) is 0 Å². The van der Waals surface area contributed by atoms with Gasteiger partial charge in [-0.1, -0.05) is 71.6 Å². The van der Waals surface area contributed by atoms with E-state index in [1.807, 2.05) is 13.8 Å². The Bertz CT molecular complexity index is 216. The van der Waals surface area contributed by atoms with Gasteiger partial charge in [-0.05, 0) is 19.8 Å². The number of carbonyl (C=O) groups is 1. The number of hydroxylamine groups is 1. The third-order valence-electron chi connectivity index (χ3n) is 3.58. The first-order valence-electron chi connectivity index (χ1n) is 9.12. The average molecular weight is 342 g/mol. The van der Waals surface area contributed by atoms with E-state index < -0.39 is 0 Å². The Morgan fingerprint density at radius 2 is 1.39 bits per heavy atom. The van der Waals surface area contributed by atoms with Crippen molar-refractivity contribution in [3.63, 3.8) is 0 Å². The van der Waals surface area contributed by atoms with Crippen molar-refractivity contribution in [1.29, 1.82) is 0 Å². The predicted octanol–water partition coefficient (Wildman–Crippen LogP) is 4.59. The standard InChI is InChI=1S/C12H27NO.C6H12O2.Na.H/c1-2-3-4-5-6-7-8-9-10-11-12-13-14;1-4-5(2)8-6(3)7;;/h13-14H,2-12H2,1H3;5H,4H2,1-3H3;;. The predicted molar refractivity (Wildman–Crippen MR) is 100 cm³/mol. The van der Waals surface area contributed by atoms with Gasteiger partial charge in [0, 0.05) is 13.5 Å². The molecule has 0 aliphatic rings. The summed E-state index contributed by atoms with van der Waals surface area (Å²) in [5.41, 5.74) is 2.19. The number of nitrogens with one attached hydrogen (secondary N) is 1. The first-order valence-corrected chi connectivity index (χ1v) is 9.12. The average Bonchev–Trinajstić information content (AvgIpc) is 2.49. The second-order valence-electron chi connectivity index (χ2n) is 5.92. The van der Waals surface area contributed by atoms with Crippen LogP contribution >= 0.6 is 0 Å². The van der Waals surface area contributed by atoms with Crippen LogP contribution in [0.15, 0.2) is 0 Å². The molecule has 0 amide bonds. The molecule has 0 rings (SSSR count). The molecule has 0 aromatic heterocycles. The van der Waals surface area contributed by atoms with Gasteiger partial charge >= 0.3 is 35.5 Å². The quantitative estimate of drug-likeness (QED) is 0.223. The number of esters is 1. The molecule has 0 spiro atoms. The van der Waals surface area contributed by atoms with Gasteiger partial charge < -0.3 is 9.94 Å². The molecule has 0 fully saturated rings. The van der Waals surface area contributed by atoms with E-state index >= 15 is 0 Å². The van der Waals surface area contributed by atoms with Crippen molar-refractivity contribution < 1.29 is 14.7 Å². The van der Waals surface area contributed by atoms with E-state index in [1.54, 1.807) is 0 Å². The summed E-state index contributed by atoms with van der Waals surface area (Å²) in [7, 11) is 0. The summed E-state index contributed by atoms with van der Waals surface area (Å²) in [6, 6.07) is 0. The SMILES string of the molecule is CCC(C)OC(C)=O.CCCCCCCCCCCCNO.[NaH]. The van der Waals surface area contributed by atoms with Crippen molar-refractivity contribution in [2.45, 2.75) is 104 Å². The summed E-state index contributed by atoms with van der Waals surface area (Å²) >= 11 is 0. The summed E-state index contributed by atoms with van der Waals surface area (Å²) in [5, 5.41) is 8.34. The zero-order valence-electron chi connectivity index (χ0n) is 15.3. The number of hydrogen-bond donors (Lipinski definition) is 2.